The second kappa shape index (κ2) is 9.34. The lowest BCUT2D eigenvalue weighted by molar-refractivity contribution is 0.0400. The molecule has 1 N–H and O–H groups in total. The van der Waals surface area contributed by atoms with Crippen molar-refractivity contribution in [2.24, 2.45) is 0 Å². The Hall–Kier alpha value is -4.53. The molecule has 1 aliphatic heterocycles. The molecule has 0 bridgehead atoms. The maximum Gasteiger partial charge on any atom is 0.254 e. The van der Waals surface area contributed by atoms with E-state index in [0.717, 1.165) is 27.7 Å². The lowest BCUT2D eigenvalue weighted by atomic mass is 9.96. The van der Waals surface area contributed by atoms with Crippen molar-refractivity contribution in [2.75, 3.05) is 20.1 Å². The molecular weight excluding hydrogens is 502 g/mol. The first-order chi connectivity index (χ1) is 18.7. The molecule has 0 radical (unpaired) electrons. The Labute approximate surface area is 223 Å². The topological polar surface area (TPSA) is 80.4 Å². The number of amides is 2. The Kier molecular flexibility index (Phi) is 5.94. The zero-order valence-electron chi connectivity index (χ0n) is 21.7. The van der Waals surface area contributed by atoms with Gasteiger partial charge in [-0.3, -0.25) is 9.59 Å². The van der Waals surface area contributed by atoms with Crippen LogP contribution in [0.5, 0.6) is 0 Å². The molecule has 6 rings (SSSR count). The molecule has 0 spiro atoms. The zero-order valence-corrected chi connectivity index (χ0v) is 21.7. The summed E-state index contributed by atoms with van der Waals surface area (Å²) in [5.74, 6) is -0.274. The molecule has 3 aromatic carbocycles. The third kappa shape index (κ3) is 4.14. The van der Waals surface area contributed by atoms with E-state index >= 15 is 0 Å². The Morgan fingerprint density at radius 1 is 1.08 bits per heavy atom. The van der Waals surface area contributed by atoms with E-state index in [2.05, 4.69) is 10.5 Å². The maximum absolute atomic E-state index is 14.1. The highest BCUT2D eigenvalue weighted by molar-refractivity contribution is 6.20. The summed E-state index contributed by atoms with van der Waals surface area (Å²) in [5, 5.41) is 8.18. The number of halogens is 2. The monoisotopic (exact) mass is 528 g/mol. The Morgan fingerprint density at radius 2 is 1.87 bits per heavy atom. The van der Waals surface area contributed by atoms with E-state index in [1.165, 1.54) is 17.0 Å². The number of carbonyl (C=O) groups is 2. The van der Waals surface area contributed by atoms with Gasteiger partial charge in [0.2, 0.25) is 0 Å². The van der Waals surface area contributed by atoms with E-state index in [0.29, 0.717) is 39.9 Å². The van der Waals surface area contributed by atoms with Gasteiger partial charge in [-0.1, -0.05) is 17.3 Å². The van der Waals surface area contributed by atoms with Crippen LogP contribution in [0.3, 0.4) is 0 Å². The van der Waals surface area contributed by atoms with Crippen LogP contribution in [0.1, 0.15) is 37.7 Å². The zero-order chi connectivity index (χ0) is 27.4. The van der Waals surface area contributed by atoms with Crippen molar-refractivity contribution < 1.29 is 22.9 Å². The number of nitrogens with zero attached hydrogens (tertiary/aromatic N) is 3. The molecule has 0 aliphatic carbocycles. The number of alkyl halides is 1. The summed E-state index contributed by atoms with van der Waals surface area (Å²) in [7, 11) is 1.56. The number of aromatic nitrogens is 2. The Bertz CT molecular complexity index is 1760. The highest BCUT2D eigenvalue weighted by atomic mass is 19.1. The van der Waals surface area contributed by atoms with Gasteiger partial charge in [0.15, 0.2) is 0 Å². The molecule has 7 nitrogen and oxygen atoms in total. The number of benzene rings is 3. The molecule has 1 fully saturated rings. The van der Waals surface area contributed by atoms with Gasteiger partial charge >= 0.3 is 0 Å². The first-order valence-electron chi connectivity index (χ1n) is 12.7. The summed E-state index contributed by atoms with van der Waals surface area (Å²) in [6, 6.07) is 15.4. The average molecular weight is 529 g/mol. The van der Waals surface area contributed by atoms with E-state index in [4.69, 9.17) is 4.52 Å². The highest BCUT2D eigenvalue weighted by Crippen LogP contribution is 2.38. The fraction of sp³-hybridized carbons (Fsp3) is 0.233. The van der Waals surface area contributed by atoms with E-state index in [1.54, 1.807) is 31.3 Å². The van der Waals surface area contributed by atoms with Gasteiger partial charge in [0.1, 0.15) is 17.7 Å². The third-order valence-electron chi connectivity index (χ3n) is 7.36. The molecule has 5 aromatic rings. The number of hydrogen-bond acceptors (Lipinski definition) is 4. The fourth-order valence-electron chi connectivity index (χ4n) is 5.47. The molecule has 0 atom stereocenters. The summed E-state index contributed by atoms with van der Waals surface area (Å²) in [6.07, 6.45) is -1.01. The van der Waals surface area contributed by atoms with Gasteiger partial charge in [-0.2, -0.15) is 0 Å². The quantitative estimate of drug-likeness (QED) is 0.331. The first-order valence-corrected chi connectivity index (χ1v) is 12.7. The van der Waals surface area contributed by atoms with Gasteiger partial charge in [-0.25, -0.2) is 8.78 Å². The molecule has 2 amide bonds. The number of carbonyl (C=O) groups excluding carboxylic acids is 2. The smallest absolute Gasteiger partial charge is 0.254 e. The lowest BCUT2D eigenvalue weighted by Gasteiger charge is -2.34. The number of nitrogens with one attached hydrogen (secondary N) is 1. The molecular formula is C30H26F2N4O3. The van der Waals surface area contributed by atoms with Gasteiger partial charge in [0, 0.05) is 46.6 Å². The van der Waals surface area contributed by atoms with E-state index in [9.17, 15) is 18.4 Å². The van der Waals surface area contributed by atoms with E-state index < -0.39 is 6.17 Å². The first kappa shape index (κ1) is 24.8. The minimum absolute atomic E-state index is 0.0719. The maximum atomic E-state index is 14.1. The molecule has 1 saturated heterocycles. The van der Waals surface area contributed by atoms with Gasteiger partial charge in [0.25, 0.3) is 11.8 Å². The SMILES string of the molecule is CNC(=O)c1cc(-c2c(C)noc2C)cc2c1c1cc(C(=O)N3CC(F)C3)ccc1n2Cc1cccc(F)c1. The van der Waals surface area contributed by atoms with Gasteiger partial charge in [-0.15, -0.1) is 0 Å². The average Bonchev–Trinajstić information content (AvgIpc) is 3.41. The van der Waals surface area contributed by atoms with Crippen molar-refractivity contribution in [3.8, 4) is 11.1 Å². The van der Waals surface area contributed by atoms with Gasteiger partial charge < -0.3 is 19.3 Å². The van der Waals surface area contributed by atoms with Crippen LogP contribution < -0.4 is 5.32 Å². The molecule has 9 heteroatoms. The Balaban J connectivity index is 1.65. The van der Waals surface area contributed by atoms with Crippen LogP contribution in [-0.4, -0.2) is 52.7 Å². The van der Waals surface area contributed by atoms with Crippen LogP contribution in [0.25, 0.3) is 32.9 Å². The number of likely N-dealkylation sites (tertiary alicyclic amines) is 1. The van der Waals surface area contributed by atoms with Crippen molar-refractivity contribution in [3.05, 3.63) is 88.6 Å². The molecule has 0 unspecified atom stereocenters. The van der Waals surface area contributed by atoms with E-state index in [-0.39, 0.29) is 30.7 Å². The van der Waals surface area contributed by atoms with Crippen molar-refractivity contribution >= 4 is 33.6 Å². The second-order valence-corrected chi connectivity index (χ2v) is 9.95. The molecule has 0 saturated carbocycles. The predicted molar refractivity (Wildman–Crippen MR) is 144 cm³/mol. The summed E-state index contributed by atoms with van der Waals surface area (Å²) in [5.41, 5.74) is 5.33. The van der Waals surface area contributed by atoms with Crippen LogP contribution >= 0.6 is 0 Å². The van der Waals surface area contributed by atoms with Crippen LogP contribution in [0.2, 0.25) is 0 Å². The van der Waals surface area contributed by atoms with Crippen molar-refractivity contribution in [3.63, 3.8) is 0 Å². The lowest BCUT2D eigenvalue weighted by Crippen LogP contribution is -2.51. The number of hydrogen-bond donors (Lipinski definition) is 1. The molecule has 1 aliphatic rings. The second-order valence-electron chi connectivity index (χ2n) is 9.95. The minimum atomic E-state index is -1.01. The summed E-state index contributed by atoms with van der Waals surface area (Å²) in [4.78, 5) is 27.8. The number of fused-ring (bicyclic) bond motifs is 3. The molecule has 3 heterocycles. The molecule has 198 valence electrons. The van der Waals surface area contributed by atoms with Crippen LogP contribution in [-0.2, 0) is 6.54 Å². The summed E-state index contributed by atoms with van der Waals surface area (Å²) >= 11 is 0. The van der Waals surface area contributed by atoms with Crippen molar-refractivity contribution in [1.29, 1.82) is 0 Å². The van der Waals surface area contributed by atoms with Crippen molar-refractivity contribution in [1.82, 2.24) is 19.9 Å². The van der Waals surface area contributed by atoms with Gasteiger partial charge in [0.05, 0.1) is 24.3 Å². The van der Waals surface area contributed by atoms with Crippen LogP contribution in [0, 0.1) is 19.7 Å². The Morgan fingerprint density at radius 3 is 2.54 bits per heavy atom. The van der Waals surface area contributed by atoms with Crippen molar-refractivity contribution in [2.45, 2.75) is 26.6 Å². The number of aryl methyl sites for hydroxylation is 2. The van der Waals surface area contributed by atoms with Crippen LogP contribution in [0.4, 0.5) is 8.78 Å². The summed E-state index contributed by atoms with van der Waals surface area (Å²) in [6.45, 7) is 4.13. The van der Waals surface area contributed by atoms with Gasteiger partial charge in [-0.05, 0) is 67.4 Å². The summed E-state index contributed by atoms with van der Waals surface area (Å²) < 4.78 is 35.0. The predicted octanol–water partition coefficient (Wildman–Crippen LogP) is 5.41. The number of rotatable bonds is 5. The third-order valence-corrected chi connectivity index (χ3v) is 7.36. The van der Waals surface area contributed by atoms with Crippen LogP contribution in [0.15, 0.2) is 59.1 Å². The largest absolute Gasteiger partial charge is 0.361 e. The highest BCUT2D eigenvalue weighted by Gasteiger charge is 2.31. The standard InChI is InChI=1S/C30H26F2N4O3/c1-16-27(17(2)39-34-16)20-11-24(29(37)33-3)28-23-10-19(30(38)35-14-22(32)15-35)7-8-25(23)36(26(28)12-20)13-18-5-4-6-21(31)9-18/h4-12,22H,13-15H2,1-3H3,(H,33,37). The van der Waals surface area contributed by atoms with E-state index in [1.807, 2.05) is 36.6 Å². The minimum Gasteiger partial charge on any atom is -0.361 e. The fourth-order valence-corrected chi connectivity index (χ4v) is 5.47. The molecule has 39 heavy (non-hydrogen) atoms. The normalized spacial score (nSPS) is 13.7. The molecule has 2 aromatic heterocycles.